The van der Waals surface area contributed by atoms with Crippen LogP contribution >= 0.6 is 11.3 Å². The molecule has 1 saturated carbocycles. The lowest BCUT2D eigenvalue weighted by Gasteiger charge is -2.33. The largest absolute Gasteiger partial charge is 0.480 e. The van der Waals surface area contributed by atoms with Gasteiger partial charge in [-0.05, 0) is 38.2 Å². The summed E-state index contributed by atoms with van der Waals surface area (Å²) in [4.78, 5) is 38.1. The number of nitrogens with one attached hydrogen (secondary N) is 1. The second-order valence-corrected chi connectivity index (χ2v) is 9.73. The van der Waals surface area contributed by atoms with Crippen molar-refractivity contribution in [2.45, 2.75) is 64.5 Å². The molecule has 2 fully saturated rings. The topological polar surface area (TPSA) is 93.7 Å². The van der Waals surface area contributed by atoms with E-state index in [4.69, 9.17) is 9.47 Å². The molecule has 2 aliphatic rings. The van der Waals surface area contributed by atoms with E-state index in [1.165, 1.54) is 17.8 Å². The number of aryl methyl sites for hydroxylation is 1. The minimum Gasteiger partial charge on any atom is -0.480 e. The number of hydrogen-bond donors (Lipinski definition) is 1. The van der Waals surface area contributed by atoms with Gasteiger partial charge in [0.15, 0.2) is 5.82 Å². The number of fused-ring (bicyclic) bond motifs is 1. The van der Waals surface area contributed by atoms with Gasteiger partial charge in [0.05, 0.1) is 17.4 Å². The summed E-state index contributed by atoms with van der Waals surface area (Å²) < 4.78 is 10.6. The minimum atomic E-state index is 0.0119. The third-order valence-electron chi connectivity index (χ3n) is 6.57. The molecule has 174 valence electrons. The second kappa shape index (κ2) is 10.1. The lowest BCUT2D eigenvalue weighted by atomic mass is 9.88. The molecular formula is C23H32N4O4S. The van der Waals surface area contributed by atoms with E-state index in [9.17, 15) is 9.59 Å². The van der Waals surface area contributed by atoms with Crippen LogP contribution in [0.3, 0.4) is 0 Å². The number of carbonyl (C=O) groups excluding carboxylic acids is 2. The third kappa shape index (κ3) is 4.73. The molecule has 8 nitrogen and oxygen atoms in total. The molecule has 0 atom stereocenters. The van der Waals surface area contributed by atoms with Crippen LogP contribution in [0.5, 0.6) is 5.88 Å². The maximum absolute atomic E-state index is 13.3. The second-order valence-electron chi connectivity index (χ2n) is 8.73. The van der Waals surface area contributed by atoms with E-state index in [0.717, 1.165) is 54.3 Å². The van der Waals surface area contributed by atoms with Crippen LogP contribution in [0.4, 0.5) is 0 Å². The van der Waals surface area contributed by atoms with Crippen LogP contribution in [0.25, 0.3) is 10.2 Å². The molecule has 1 N–H and O–H groups in total. The molecule has 1 saturated heterocycles. The van der Waals surface area contributed by atoms with Crippen molar-refractivity contribution in [1.82, 2.24) is 20.2 Å². The number of thiophene rings is 1. The molecule has 32 heavy (non-hydrogen) atoms. The van der Waals surface area contributed by atoms with Gasteiger partial charge in [-0.15, -0.1) is 11.3 Å². The molecule has 3 heterocycles. The van der Waals surface area contributed by atoms with Gasteiger partial charge in [0.25, 0.3) is 5.91 Å². The number of rotatable bonds is 6. The molecule has 2 amide bonds. The van der Waals surface area contributed by atoms with Crippen molar-refractivity contribution < 1.29 is 19.1 Å². The van der Waals surface area contributed by atoms with Crippen molar-refractivity contribution in [2.75, 3.05) is 27.3 Å². The Morgan fingerprint density at radius 1 is 1.09 bits per heavy atom. The number of aromatic nitrogens is 2. The summed E-state index contributed by atoms with van der Waals surface area (Å²) in [5.41, 5.74) is 0.851. The minimum absolute atomic E-state index is 0.0119. The van der Waals surface area contributed by atoms with Crippen LogP contribution in [0.15, 0.2) is 0 Å². The van der Waals surface area contributed by atoms with Gasteiger partial charge < -0.3 is 19.7 Å². The first-order chi connectivity index (χ1) is 15.5. The smallest absolute Gasteiger partial charge is 0.264 e. The van der Waals surface area contributed by atoms with Gasteiger partial charge >= 0.3 is 0 Å². The van der Waals surface area contributed by atoms with E-state index in [0.29, 0.717) is 29.7 Å². The van der Waals surface area contributed by atoms with E-state index in [1.54, 1.807) is 14.2 Å². The van der Waals surface area contributed by atoms with Crippen molar-refractivity contribution in [1.29, 1.82) is 0 Å². The zero-order valence-corrected chi connectivity index (χ0v) is 19.9. The highest BCUT2D eigenvalue weighted by molar-refractivity contribution is 7.20. The van der Waals surface area contributed by atoms with E-state index < -0.39 is 0 Å². The Hall–Kier alpha value is -2.26. The lowest BCUT2D eigenvalue weighted by Crippen LogP contribution is -2.48. The van der Waals surface area contributed by atoms with Gasteiger partial charge in [-0.25, -0.2) is 4.98 Å². The summed E-state index contributed by atoms with van der Waals surface area (Å²) >= 11 is 1.38. The number of hydrogen-bond acceptors (Lipinski definition) is 7. The fraction of sp³-hybridized carbons (Fsp3) is 0.652. The quantitative estimate of drug-likeness (QED) is 0.710. The Kier molecular flexibility index (Phi) is 7.25. The zero-order valence-electron chi connectivity index (χ0n) is 19.1. The summed E-state index contributed by atoms with van der Waals surface area (Å²) in [6.07, 6.45) is 7.14. The van der Waals surface area contributed by atoms with Crippen molar-refractivity contribution in [3.05, 3.63) is 16.3 Å². The van der Waals surface area contributed by atoms with Gasteiger partial charge in [0.1, 0.15) is 11.4 Å². The normalized spacial score (nSPS) is 18.2. The Balaban J connectivity index is 1.42. The first-order valence-corrected chi connectivity index (χ1v) is 12.3. The average Bonchev–Trinajstić information content (AvgIpc) is 3.15. The molecule has 0 aromatic carbocycles. The first-order valence-electron chi connectivity index (χ1n) is 11.4. The van der Waals surface area contributed by atoms with E-state index in [1.807, 2.05) is 11.8 Å². The van der Waals surface area contributed by atoms with Gasteiger partial charge in [-0.3, -0.25) is 9.59 Å². The van der Waals surface area contributed by atoms with Gasteiger partial charge in [-0.1, -0.05) is 19.3 Å². The number of amides is 2. The van der Waals surface area contributed by atoms with Crippen LogP contribution in [0.1, 0.15) is 66.0 Å². The molecule has 0 unspecified atom stereocenters. The Bertz CT molecular complexity index is 978. The van der Waals surface area contributed by atoms with Gasteiger partial charge in [-0.2, -0.15) is 4.98 Å². The van der Waals surface area contributed by atoms with Crippen LogP contribution in [-0.2, 0) is 16.1 Å². The number of piperidine rings is 1. The van der Waals surface area contributed by atoms with Crippen LogP contribution < -0.4 is 10.1 Å². The molecule has 1 aliphatic heterocycles. The predicted molar refractivity (Wildman–Crippen MR) is 123 cm³/mol. The maximum Gasteiger partial charge on any atom is 0.264 e. The number of carbonyl (C=O) groups is 2. The molecule has 2 aromatic rings. The summed E-state index contributed by atoms with van der Waals surface area (Å²) in [6.45, 7) is 3.48. The fourth-order valence-electron chi connectivity index (χ4n) is 4.74. The molecule has 0 spiro atoms. The summed E-state index contributed by atoms with van der Waals surface area (Å²) in [6, 6.07) is 0.152. The number of nitrogens with zero attached hydrogens (tertiary/aromatic N) is 3. The van der Waals surface area contributed by atoms with Crippen molar-refractivity contribution in [3.8, 4) is 5.88 Å². The van der Waals surface area contributed by atoms with Gasteiger partial charge in [0, 0.05) is 32.2 Å². The molecule has 1 aliphatic carbocycles. The molecule has 0 bridgehead atoms. The highest BCUT2D eigenvalue weighted by Crippen LogP contribution is 2.36. The van der Waals surface area contributed by atoms with Crippen LogP contribution in [-0.4, -0.2) is 60.0 Å². The highest BCUT2D eigenvalue weighted by Gasteiger charge is 2.30. The Morgan fingerprint density at radius 2 is 1.81 bits per heavy atom. The Morgan fingerprint density at radius 3 is 2.47 bits per heavy atom. The SMILES string of the molecule is COCc1nc(OC)c2c(C)c(C(=O)N3CCC(NC(=O)C4CCCCC4)CC3)sc2n1. The molecule has 4 rings (SSSR count). The molecule has 0 radical (unpaired) electrons. The standard InChI is InChI=1S/C23H32N4O4S/c1-14-18-21(31-3)25-17(13-30-2)26-22(18)32-19(14)23(29)27-11-9-16(10-12-27)24-20(28)15-7-5-4-6-8-15/h15-16H,4-13H2,1-3H3,(H,24,28). The highest BCUT2D eigenvalue weighted by atomic mass is 32.1. The van der Waals surface area contributed by atoms with Crippen molar-refractivity contribution in [3.63, 3.8) is 0 Å². The lowest BCUT2D eigenvalue weighted by molar-refractivity contribution is -0.126. The van der Waals surface area contributed by atoms with E-state index in [2.05, 4.69) is 15.3 Å². The van der Waals surface area contributed by atoms with Gasteiger partial charge in [0.2, 0.25) is 11.8 Å². The Labute approximate surface area is 192 Å². The van der Waals surface area contributed by atoms with E-state index >= 15 is 0 Å². The van der Waals surface area contributed by atoms with E-state index in [-0.39, 0.29) is 30.4 Å². The summed E-state index contributed by atoms with van der Waals surface area (Å²) in [7, 11) is 3.17. The van der Waals surface area contributed by atoms with Crippen LogP contribution in [0, 0.1) is 12.8 Å². The predicted octanol–water partition coefficient (Wildman–Crippen LogP) is 3.46. The first kappa shape index (κ1) is 22.9. The maximum atomic E-state index is 13.3. The zero-order chi connectivity index (χ0) is 22.7. The third-order valence-corrected chi connectivity index (χ3v) is 7.74. The molecule has 9 heteroatoms. The number of likely N-dealkylation sites (tertiary alicyclic amines) is 1. The molecule has 2 aromatic heterocycles. The fourth-order valence-corrected chi connectivity index (χ4v) is 5.90. The van der Waals surface area contributed by atoms with Crippen LogP contribution in [0.2, 0.25) is 0 Å². The molecular weight excluding hydrogens is 428 g/mol. The van der Waals surface area contributed by atoms with Crippen molar-refractivity contribution in [2.24, 2.45) is 5.92 Å². The number of methoxy groups -OCH3 is 2. The monoisotopic (exact) mass is 460 g/mol. The summed E-state index contributed by atoms with van der Waals surface area (Å²) in [5.74, 6) is 1.39. The van der Waals surface area contributed by atoms with Crippen molar-refractivity contribution >= 4 is 33.4 Å². The summed E-state index contributed by atoms with van der Waals surface area (Å²) in [5, 5.41) is 4.02. The average molecular weight is 461 g/mol. The number of ether oxygens (including phenoxy) is 2.